The Labute approximate surface area is 129 Å². The van der Waals surface area contributed by atoms with Gasteiger partial charge in [0.05, 0.1) is 25.8 Å². The van der Waals surface area contributed by atoms with Crippen molar-refractivity contribution in [3.63, 3.8) is 0 Å². The first-order valence-corrected chi connectivity index (χ1v) is 7.66. The largest absolute Gasteiger partial charge is 0.496 e. The highest BCUT2D eigenvalue weighted by Crippen LogP contribution is 2.24. The first-order chi connectivity index (χ1) is 10.0. The molecule has 21 heavy (non-hydrogen) atoms. The Kier molecular flexibility index (Phi) is 4.96. The van der Waals surface area contributed by atoms with Crippen LogP contribution < -0.4 is 4.74 Å². The molecule has 0 atom stereocenters. The number of rotatable bonds is 5. The molecular weight excluding hydrogens is 284 g/mol. The van der Waals surface area contributed by atoms with Crippen LogP contribution in [0.5, 0.6) is 5.75 Å². The molecule has 0 fully saturated rings. The van der Waals surface area contributed by atoms with Crippen LogP contribution >= 0.6 is 11.3 Å². The Morgan fingerprint density at radius 1 is 1.43 bits per heavy atom. The van der Waals surface area contributed by atoms with Crippen LogP contribution in [0, 0.1) is 13.8 Å². The summed E-state index contributed by atoms with van der Waals surface area (Å²) in [6.45, 7) is 4.44. The van der Waals surface area contributed by atoms with Gasteiger partial charge in [0.1, 0.15) is 5.75 Å². The number of aromatic nitrogens is 1. The molecule has 0 saturated heterocycles. The fraction of sp³-hybridized carbons (Fsp3) is 0.375. The molecular formula is C16H20N2O2S. The van der Waals surface area contributed by atoms with Crippen molar-refractivity contribution in [3.8, 4) is 5.75 Å². The standard InChI is InChI=1S/C16H20N2O2S/c1-11-9-17-14(12(2)16(11)20-4)10-18(3)15(19)8-13-6-5-7-21-13/h5-7,9H,8,10H2,1-4H3. The zero-order valence-electron chi connectivity index (χ0n) is 12.8. The van der Waals surface area contributed by atoms with E-state index in [1.54, 1.807) is 29.5 Å². The maximum Gasteiger partial charge on any atom is 0.227 e. The Morgan fingerprint density at radius 2 is 2.19 bits per heavy atom. The molecule has 0 bridgehead atoms. The minimum Gasteiger partial charge on any atom is -0.496 e. The maximum absolute atomic E-state index is 12.2. The van der Waals surface area contributed by atoms with Crippen molar-refractivity contribution < 1.29 is 9.53 Å². The van der Waals surface area contributed by atoms with Crippen LogP contribution in [-0.2, 0) is 17.8 Å². The van der Waals surface area contributed by atoms with Crippen molar-refractivity contribution in [1.29, 1.82) is 0 Å². The van der Waals surface area contributed by atoms with E-state index in [1.807, 2.05) is 38.4 Å². The third-order valence-electron chi connectivity index (χ3n) is 3.47. The van der Waals surface area contributed by atoms with Gasteiger partial charge in [0.25, 0.3) is 0 Å². The smallest absolute Gasteiger partial charge is 0.227 e. The molecule has 0 spiro atoms. The Morgan fingerprint density at radius 3 is 2.81 bits per heavy atom. The van der Waals surface area contributed by atoms with Crippen LogP contribution in [0.4, 0.5) is 0 Å². The van der Waals surface area contributed by atoms with Gasteiger partial charge < -0.3 is 9.64 Å². The van der Waals surface area contributed by atoms with E-state index in [9.17, 15) is 4.79 Å². The highest BCUT2D eigenvalue weighted by atomic mass is 32.1. The van der Waals surface area contributed by atoms with Gasteiger partial charge in [-0.1, -0.05) is 6.07 Å². The average molecular weight is 304 g/mol. The molecule has 2 rings (SSSR count). The summed E-state index contributed by atoms with van der Waals surface area (Å²) in [5.74, 6) is 0.942. The van der Waals surface area contributed by atoms with Crippen molar-refractivity contribution in [3.05, 3.63) is 45.4 Å². The summed E-state index contributed by atoms with van der Waals surface area (Å²) in [6.07, 6.45) is 2.23. The summed E-state index contributed by atoms with van der Waals surface area (Å²) in [6, 6.07) is 3.94. The molecule has 0 aliphatic carbocycles. The Balaban J connectivity index is 2.09. The van der Waals surface area contributed by atoms with E-state index in [4.69, 9.17) is 4.74 Å². The van der Waals surface area contributed by atoms with E-state index in [-0.39, 0.29) is 5.91 Å². The molecule has 0 radical (unpaired) electrons. The van der Waals surface area contributed by atoms with Crippen molar-refractivity contribution >= 4 is 17.2 Å². The van der Waals surface area contributed by atoms with Crippen LogP contribution in [0.25, 0.3) is 0 Å². The quantitative estimate of drug-likeness (QED) is 0.853. The summed E-state index contributed by atoms with van der Waals surface area (Å²) >= 11 is 1.60. The highest BCUT2D eigenvalue weighted by Gasteiger charge is 2.15. The monoisotopic (exact) mass is 304 g/mol. The second-order valence-electron chi connectivity index (χ2n) is 5.05. The SMILES string of the molecule is COc1c(C)cnc(CN(C)C(=O)Cc2cccs2)c1C. The summed E-state index contributed by atoms with van der Waals surface area (Å²) < 4.78 is 5.40. The van der Waals surface area contributed by atoms with Gasteiger partial charge in [0, 0.05) is 29.2 Å². The lowest BCUT2D eigenvalue weighted by Crippen LogP contribution is -2.28. The first kappa shape index (κ1) is 15.5. The number of likely N-dealkylation sites (N-methyl/N-ethyl adjacent to an activating group) is 1. The number of amides is 1. The topological polar surface area (TPSA) is 42.4 Å². The van der Waals surface area contributed by atoms with E-state index in [2.05, 4.69) is 4.98 Å². The molecule has 0 N–H and O–H groups in total. The van der Waals surface area contributed by atoms with E-state index >= 15 is 0 Å². The third kappa shape index (κ3) is 3.61. The Bertz CT molecular complexity index is 623. The van der Waals surface area contributed by atoms with Gasteiger partial charge in [0.15, 0.2) is 0 Å². The van der Waals surface area contributed by atoms with Crippen LogP contribution in [0.15, 0.2) is 23.7 Å². The fourth-order valence-corrected chi connectivity index (χ4v) is 2.94. The molecule has 0 aliphatic rings. The number of pyridine rings is 1. The van der Waals surface area contributed by atoms with Gasteiger partial charge in [-0.25, -0.2) is 0 Å². The van der Waals surface area contributed by atoms with E-state index < -0.39 is 0 Å². The number of nitrogens with zero attached hydrogens (tertiary/aromatic N) is 2. The van der Waals surface area contributed by atoms with Crippen LogP contribution in [-0.4, -0.2) is 29.9 Å². The van der Waals surface area contributed by atoms with E-state index in [1.165, 1.54) is 0 Å². The van der Waals surface area contributed by atoms with Crippen molar-refractivity contribution in [2.45, 2.75) is 26.8 Å². The molecule has 0 saturated carbocycles. The van der Waals surface area contributed by atoms with E-state index in [0.717, 1.165) is 27.4 Å². The fourth-order valence-electron chi connectivity index (χ4n) is 2.24. The molecule has 112 valence electrons. The minimum absolute atomic E-state index is 0.0955. The lowest BCUT2D eigenvalue weighted by molar-refractivity contribution is -0.129. The first-order valence-electron chi connectivity index (χ1n) is 6.78. The lowest BCUT2D eigenvalue weighted by atomic mass is 10.1. The molecule has 2 aromatic heterocycles. The average Bonchev–Trinajstić information content (AvgIpc) is 2.95. The molecule has 1 amide bonds. The zero-order valence-corrected chi connectivity index (χ0v) is 13.7. The second-order valence-corrected chi connectivity index (χ2v) is 6.08. The molecule has 4 nitrogen and oxygen atoms in total. The zero-order chi connectivity index (χ0) is 15.4. The van der Waals surface area contributed by atoms with Gasteiger partial charge in [0.2, 0.25) is 5.91 Å². The number of aryl methyl sites for hydroxylation is 1. The third-order valence-corrected chi connectivity index (χ3v) is 4.34. The van der Waals surface area contributed by atoms with Gasteiger partial charge >= 0.3 is 0 Å². The predicted molar refractivity (Wildman–Crippen MR) is 84.8 cm³/mol. The summed E-state index contributed by atoms with van der Waals surface area (Å²) in [4.78, 5) is 19.4. The van der Waals surface area contributed by atoms with Crippen molar-refractivity contribution in [1.82, 2.24) is 9.88 Å². The molecule has 2 aromatic rings. The summed E-state index contributed by atoms with van der Waals surface area (Å²) in [5, 5.41) is 1.99. The van der Waals surface area contributed by atoms with Gasteiger partial charge in [-0.15, -0.1) is 11.3 Å². The number of thiophene rings is 1. The Hall–Kier alpha value is -1.88. The lowest BCUT2D eigenvalue weighted by Gasteiger charge is -2.19. The molecule has 0 aliphatic heterocycles. The molecule has 0 unspecified atom stereocenters. The van der Waals surface area contributed by atoms with Crippen LogP contribution in [0.3, 0.4) is 0 Å². The number of methoxy groups -OCH3 is 1. The van der Waals surface area contributed by atoms with Crippen LogP contribution in [0.1, 0.15) is 21.7 Å². The van der Waals surface area contributed by atoms with Crippen molar-refractivity contribution in [2.75, 3.05) is 14.2 Å². The van der Waals surface area contributed by atoms with E-state index in [0.29, 0.717) is 13.0 Å². The van der Waals surface area contributed by atoms with Crippen LogP contribution in [0.2, 0.25) is 0 Å². The maximum atomic E-state index is 12.2. The number of hydrogen-bond acceptors (Lipinski definition) is 4. The molecule has 0 aromatic carbocycles. The van der Waals surface area contributed by atoms with Crippen molar-refractivity contribution in [2.24, 2.45) is 0 Å². The predicted octanol–water partition coefficient (Wildman–Crippen LogP) is 2.97. The highest BCUT2D eigenvalue weighted by molar-refractivity contribution is 7.10. The summed E-state index contributed by atoms with van der Waals surface area (Å²) in [7, 11) is 3.47. The number of carbonyl (C=O) groups is 1. The number of carbonyl (C=O) groups excluding carboxylic acids is 1. The molecule has 5 heteroatoms. The number of hydrogen-bond donors (Lipinski definition) is 0. The van der Waals surface area contributed by atoms with Gasteiger partial charge in [-0.2, -0.15) is 0 Å². The second kappa shape index (κ2) is 6.72. The normalized spacial score (nSPS) is 10.5. The van der Waals surface area contributed by atoms with Gasteiger partial charge in [-0.3, -0.25) is 9.78 Å². The minimum atomic E-state index is 0.0955. The summed E-state index contributed by atoms with van der Waals surface area (Å²) in [5.41, 5.74) is 2.87. The van der Waals surface area contributed by atoms with Gasteiger partial charge in [-0.05, 0) is 25.3 Å². The number of ether oxygens (including phenoxy) is 1. The molecule has 2 heterocycles.